The molecule has 19 heavy (non-hydrogen) atoms. The Labute approximate surface area is 112 Å². The van der Waals surface area contributed by atoms with Crippen LogP contribution in [0.15, 0.2) is 60.8 Å². The van der Waals surface area contributed by atoms with E-state index in [1.165, 1.54) is 10.9 Å². The van der Waals surface area contributed by atoms with Crippen LogP contribution < -0.4 is 5.32 Å². The van der Waals surface area contributed by atoms with Crippen LogP contribution in [0.25, 0.3) is 10.9 Å². The molecule has 3 nitrogen and oxygen atoms in total. The Morgan fingerprint density at radius 1 is 1.05 bits per heavy atom. The zero-order chi connectivity index (χ0) is 13.1. The summed E-state index contributed by atoms with van der Waals surface area (Å²) < 4.78 is 2.07. The molecule has 0 saturated heterocycles. The molecule has 2 aromatic carbocycles. The van der Waals surface area contributed by atoms with Crippen molar-refractivity contribution in [3.8, 4) is 0 Å². The molecule has 0 amide bonds. The van der Waals surface area contributed by atoms with Gasteiger partial charge < -0.3 is 5.32 Å². The monoisotopic (exact) mass is 251 g/mol. The third-order valence-corrected chi connectivity index (χ3v) is 3.30. The fraction of sp³-hybridized carbons (Fsp3) is 0.188. The Morgan fingerprint density at radius 2 is 1.79 bits per heavy atom. The fourth-order valence-electron chi connectivity index (χ4n) is 2.25. The van der Waals surface area contributed by atoms with Crippen LogP contribution in [0.5, 0.6) is 0 Å². The predicted molar refractivity (Wildman–Crippen MR) is 79.4 cm³/mol. The molecule has 1 unspecified atom stereocenters. The molecule has 3 rings (SSSR count). The van der Waals surface area contributed by atoms with Crippen molar-refractivity contribution in [2.45, 2.75) is 13.0 Å². The predicted octanol–water partition coefficient (Wildman–Crippen LogP) is 3.71. The highest BCUT2D eigenvalue weighted by Crippen LogP contribution is 2.17. The van der Waals surface area contributed by atoms with E-state index in [2.05, 4.69) is 52.4 Å². The summed E-state index contributed by atoms with van der Waals surface area (Å²) in [6.45, 7) is 3.03. The zero-order valence-corrected chi connectivity index (χ0v) is 11.0. The van der Waals surface area contributed by atoms with Crippen molar-refractivity contribution >= 4 is 16.6 Å². The number of hydrogen-bond acceptors (Lipinski definition) is 2. The smallest absolute Gasteiger partial charge is 0.0686 e. The van der Waals surface area contributed by atoms with E-state index >= 15 is 0 Å². The summed E-state index contributed by atoms with van der Waals surface area (Å²) in [5.74, 6) is 0. The fourth-order valence-corrected chi connectivity index (χ4v) is 2.25. The molecule has 3 aromatic rings. The number of nitrogens with one attached hydrogen (secondary N) is 1. The Hall–Kier alpha value is -2.29. The van der Waals surface area contributed by atoms with Crippen LogP contribution in [-0.2, 0) is 0 Å². The van der Waals surface area contributed by atoms with E-state index in [0.29, 0.717) is 6.04 Å². The molecular weight excluding hydrogens is 234 g/mol. The minimum atomic E-state index is 0.306. The molecule has 3 heteroatoms. The van der Waals surface area contributed by atoms with Crippen LogP contribution in [0.4, 0.5) is 5.69 Å². The minimum Gasteiger partial charge on any atom is -0.383 e. The van der Waals surface area contributed by atoms with Gasteiger partial charge in [-0.3, -0.25) is 4.68 Å². The van der Waals surface area contributed by atoms with E-state index in [1.807, 2.05) is 30.5 Å². The molecule has 0 radical (unpaired) electrons. The van der Waals surface area contributed by atoms with Gasteiger partial charge in [0.2, 0.25) is 0 Å². The van der Waals surface area contributed by atoms with Crippen molar-refractivity contribution in [2.24, 2.45) is 0 Å². The summed E-state index contributed by atoms with van der Waals surface area (Å²) in [5.41, 5.74) is 2.33. The standard InChI is InChI=1S/C16H17N3/c1-13(11-17-15-8-3-2-4-9-15)19-16-10-6-5-7-14(16)12-18-19/h2-10,12-13,17H,11H2,1H3. The van der Waals surface area contributed by atoms with Crippen molar-refractivity contribution in [1.82, 2.24) is 9.78 Å². The lowest BCUT2D eigenvalue weighted by Gasteiger charge is -2.15. The molecule has 0 spiro atoms. The number of fused-ring (bicyclic) bond motifs is 1. The normalized spacial score (nSPS) is 12.5. The first kappa shape index (κ1) is 11.8. The van der Waals surface area contributed by atoms with Gasteiger partial charge in [0.1, 0.15) is 0 Å². The Kier molecular flexibility index (Phi) is 3.19. The summed E-state index contributed by atoms with van der Waals surface area (Å²) >= 11 is 0. The van der Waals surface area contributed by atoms with E-state index in [-0.39, 0.29) is 0 Å². The molecule has 0 aliphatic carbocycles. The summed E-state index contributed by atoms with van der Waals surface area (Å²) in [7, 11) is 0. The van der Waals surface area contributed by atoms with Crippen molar-refractivity contribution in [3.63, 3.8) is 0 Å². The molecular formula is C16H17N3. The molecule has 0 fully saturated rings. The first-order valence-electron chi connectivity index (χ1n) is 6.56. The number of nitrogens with zero attached hydrogens (tertiary/aromatic N) is 2. The molecule has 1 atom stereocenters. The van der Waals surface area contributed by atoms with Crippen molar-refractivity contribution in [2.75, 3.05) is 11.9 Å². The maximum Gasteiger partial charge on any atom is 0.0686 e. The van der Waals surface area contributed by atoms with Gasteiger partial charge in [0.15, 0.2) is 0 Å². The van der Waals surface area contributed by atoms with Crippen LogP contribution in [0.1, 0.15) is 13.0 Å². The molecule has 1 aromatic heterocycles. The summed E-state index contributed by atoms with van der Waals surface area (Å²) in [6.07, 6.45) is 1.92. The van der Waals surface area contributed by atoms with Gasteiger partial charge in [-0.25, -0.2) is 0 Å². The lowest BCUT2D eigenvalue weighted by molar-refractivity contribution is 0.529. The Balaban J connectivity index is 1.75. The number of hydrogen-bond donors (Lipinski definition) is 1. The van der Waals surface area contributed by atoms with E-state index in [1.54, 1.807) is 0 Å². The molecule has 0 aliphatic heterocycles. The van der Waals surface area contributed by atoms with Gasteiger partial charge in [0.05, 0.1) is 17.8 Å². The summed E-state index contributed by atoms with van der Waals surface area (Å²) in [5, 5.41) is 9.11. The molecule has 0 saturated carbocycles. The van der Waals surface area contributed by atoms with E-state index < -0.39 is 0 Å². The highest BCUT2D eigenvalue weighted by molar-refractivity contribution is 5.78. The van der Waals surface area contributed by atoms with Gasteiger partial charge in [-0.05, 0) is 25.1 Å². The molecule has 0 bridgehead atoms. The second-order valence-corrected chi connectivity index (χ2v) is 4.74. The summed E-state index contributed by atoms with van der Waals surface area (Å²) in [4.78, 5) is 0. The van der Waals surface area contributed by atoms with Crippen LogP contribution >= 0.6 is 0 Å². The number of para-hydroxylation sites is 2. The third kappa shape index (κ3) is 2.45. The van der Waals surface area contributed by atoms with Gasteiger partial charge in [-0.15, -0.1) is 0 Å². The highest BCUT2D eigenvalue weighted by atomic mass is 15.3. The Bertz CT molecular complexity index is 658. The van der Waals surface area contributed by atoms with Gasteiger partial charge in [0.25, 0.3) is 0 Å². The second-order valence-electron chi connectivity index (χ2n) is 4.74. The van der Waals surface area contributed by atoms with Gasteiger partial charge in [0, 0.05) is 17.6 Å². The van der Waals surface area contributed by atoms with Crippen molar-refractivity contribution in [3.05, 3.63) is 60.8 Å². The number of anilines is 1. The van der Waals surface area contributed by atoms with E-state index in [9.17, 15) is 0 Å². The van der Waals surface area contributed by atoms with Crippen LogP contribution in [0.3, 0.4) is 0 Å². The first-order valence-corrected chi connectivity index (χ1v) is 6.56. The van der Waals surface area contributed by atoms with E-state index in [0.717, 1.165) is 12.2 Å². The lowest BCUT2D eigenvalue weighted by atomic mass is 10.2. The second kappa shape index (κ2) is 5.14. The van der Waals surface area contributed by atoms with Crippen LogP contribution in [0, 0.1) is 0 Å². The largest absolute Gasteiger partial charge is 0.383 e. The topological polar surface area (TPSA) is 29.9 Å². The zero-order valence-electron chi connectivity index (χ0n) is 11.0. The quantitative estimate of drug-likeness (QED) is 0.766. The maximum absolute atomic E-state index is 4.48. The lowest BCUT2D eigenvalue weighted by Crippen LogP contribution is -2.16. The van der Waals surface area contributed by atoms with Gasteiger partial charge in [-0.1, -0.05) is 36.4 Å². The molecule has 1 heterocycles. The first-order chi connectivity index (χ1) is 9.34. The third-order valence-electron chi connectivity index (χ3n) is 3.30. The average Bonchev–Trinajstić information content (AvgIpc) is 2.90. The average molecular weight is 251 g/mol. The SMILES string of the molecule is CC(CNc1ccccc1)n1ncc2ccccc21. The van der Waals surface area contributed by atoms with Crippen LogP contribution in [-0.4, -0.2) is 16.3 Å². The number of aromatic nitrogens is 2. The van der Waals surface area contributed by atoms with Gasteiger partial charge in [-0.2, -0.15) is 5.10 Å². The van der Waals surface area contributed by atoms with E-state index in [4.69, 9.17) is 0 Å². The number of rotatable bonds is 4. The van der Waals surface area contributed by atoms with Gasteiger partial charge >= 0.3 is 0 Å². The molecule has 0 aliphatic rings. The van der Waals surface area contributed by atoms with Crippen molar-refractivity contribution < 1.29 is 0 Å². The van der Waals surface area contributed by atoms with Crippen molar-refractivity contribution in [1.29, 1.82) is 0 Å². The van der Waals surface area contributed by atoms with Crippen LogP contribution in [0.2, 0.25) is 0 Å². The Morgan fingerprint density at radius 3 is 2.63 bits per heavy atom. The minimum absolute atomic E-state index is 0.306. The summed E-state index contributed by atoms with van der Waals surface area (Å²) in [6, 6.07) is 18.9. The number of benzene rings is 2. The molecule has 96 valence electrons. The molecule has 1 N–H and O–H groups in total. The maximum atomic E-state index is 4.48. The highest BCUT2D eigenvalue weighted by Gasteiger charge is 2.08.